The van der Waals surface area contributed by atoms with E-state index < -0.39 is 15.3 Å². The van der Waals surface area contributed by atoms with Crippen molar-refractivity contribution in [3.05, 3.63) is 0 Å². The standard InChI is InChI=1S/C11H20N2O3S/c12-17(15,16)10-7-11(14)13(8-10)9-5-3-1-2-4-6-9/h9-10H,1-8H2,(H2,12,15,16). The fraction of sp³-hybridized carbons (Fsp3) is 0.909. The highest BCUT2D eigenvalue weighted by molar-refractivity contribution is 7.89. The molecule has 0 spiro atoms. The smallest absolute Gasteiger partial charge is 0.224 e. The number of nitrogens with zero attached hydrogens (tertiary/aromatic N) is 1. The number of primary sulfonamides is 1. The predicted octanol–water partition coefficient (Wildman–Crippen LogP) is 0.599. The third kappa shape index (κ3) is 2.98. The molecular weight excluding hydrogens is 240 g/mol. The molecule has 2 N–H and O–H groups in total. The molecule has 1 heterocycles. The lowest BCUT2D eigenvalue weighted by Gasteiger charge is -2.26. The molecule has 98 valence electrons. The molecule has 1 aliphatic heterocycles. The Bertz CT molecular complexity index is 386. The summed E-state index contributed by atoms with van der Waals surface area (Å²) in [6.07, 6.45) is 6.78. The number of nitrogens with two attached hydrogens (primary N) is 1. The van der Waals surface area contributed by atoms with Gasteiger partial charge in [-0.15, -0.1) is 0 Å². The van der Waals surface area contributed by atoms with Gasteiger partial charge in [-0.3, -0.25) is 4.79 Å². The zero-order valence-electron chi connectivity index (χ0n) is 9.97. The number of carbonyl (C=O) groups is 1. The second kappa shape index (κ2) is 4.94. The predicted molar refractivity (Wildman–Crippen MR) is 64.7 cm³/mol. The van der Waals surface area contributed by atoms with E-state index in [1.54, 1.807) is 4.90 Å². The van der Waals surface area contributed by atoms with E-state index in [9.17, 15) is 13.2 Å². The topological polar surface area (TPSA) is 80.5 Å². The van der Waals surface area contributed by atoms with Crippen molar-refractivity contribution >= 4 is 15.9 Å². The Labute approximate surface area is 102 Å². The molecule has 2 fully saturated rings. The van der Waals surface area contributed by atoms with Crippen LogP contribution in [0.5, 0.6) is 0 Å². The first kappa shape index (κ1) is 12.8. The number of sulfonamides is 1. The Morgan fingerprint density at radius 3 is 2.18 bits per heavy atom. The summed E-state index contributed by atoms with van der Waals surface area (Å²) in [5, 5.41) is 4.42. The van der Waals surface area contributed by atoms with Crippen LogP contribution in [-0.4, -0.2) is 37.1 Å². The first-order valence-corrected chi connectivity index (χ1v) is 7.90. The fourth-order valence-electron chi connectivity index (χ4n) is 2.84. The van der Waals surface area contributed by atoms with Crippen molar-refractivity contribution in [1.82, 2.24) is 4.90 Å². The molecule has 5 nitrogen and oxygen atoms in total. The Balaban J connectivity index is 2.04. The molecule has 1 saturated heterocycles. The number of carbonyl (C=O) groups excluding carboxylic acids is 1. The second-order valence-corrected chi connectivity index (χ2v) is 6.95. The van der Waals surface area contributed by atoms with Crippen LogP contribution < -0.4 is 5.14 Å². The minimum atomic E-state index is -3.58. The summed E-state index contributed by atoms with van der Waals surface area (Å²) in [6.45, 7) is 0.294. The zero-order valence-corrected chi connectivity index (χ0v) is 10.8. The molecule has 0 aromatic heterocycles. The maximum Gasteiger partial charge on any atom is 0.224 e. The number of amides is 1. The normalized spacial score (nSPS) is 28.4. The summed E-state index contributed by atoms with van der Waals surface area (Å²) in [4.78, 5) is 13.6. The average Bonchev–Trinajstić information content (AvgIpc) is 2.50. The van der Waals surface area contributed by atoms with Crippen LogP contribution in [0.3, 0.4) is 0 Å². The molecule has 1 aliphatic carbocycles. The van der Waals surface area contributed by atoms with Crippen LogP contribution in [0.25, 0.3) is 0 Å². The highest BCUT2D eigenvalue weighted by atomic mass is 32.2. The van der Waals surface area contributed by atoms with Crippen LogP contribution >= 0.6 is 0 Å². The number of rotatable bonds is 2. The van der Waals surface area contributed by atoms with E-state index in [-0.39, 0.29) is 18.4 Å². The molecule has 1 amide bonds. The first-order chi connectivity index (χ1) is 7.98. The van der Waals surface area contributed by atoms with Crippen molar-refractivity contribution in [3.63, 3.8) is 0 Å². The third-order valence-corrected chi connectivity index (χ3v) is 5.10. The molecule has 0 radical (unpaired) electrons. The van der Waals surface area contributed by atoms with Gasteiger partial charge in [0.25, 0.3) is 0 Å². The third-order valence-electron chi connectivity index (χ3n) is 3.85. The summed E-state index contributed by atoms with van der Waals surface area (Å²) in [5.74, 6) is -0.0454. The van der Waals surface area contributed by atoms with Crippen LogP contribution in [0.1, 0.15) is 44.9 Å². The first-order valence-electron chi connectivity index (χ1n) is 6.29. The minimum absolute atomic E-state index is 0.0454. The maximum absolute atomic E-state index is 11.8. The van der Waals surface area contributed by atoms with E-state index >= 15 is 0 Å². The van der Waals surface area contributed by atoms with Gasteiger partial charge in [-0.05, 0) is 12.8 Å². The van der Waals surface area contributed by atoms with Gasteiger partial charge in [0.1, 0.15) is 5.25 Å². The average molecular weight is 260 g/mol. The summed E-state index contributed by atoms with van der Waals surface area (Å²) in [5.41, 5.74) is 0. The SMILES string of the molecule is NS(=O)(=O)C1CC(=O)N(C2CCCCCC2)C1. The Morgan fingerprint density at radius 2 is 1.71 bits per heavy atom. The maximum atomic E-state index is 11.8. The molecule has 2 rings (SSSR count). The number of likely N-dealkylation sites (tertiary alicyclic amines) is 1. The Hall–Kier alpha value is -0.620. The van der Waals surface area contributed by atoms with Crippen molar-refractivity contribution in [2.24, 2.45) is 5.14 Å². The van der Waals surface area contributed by atoms with Crippen LogP contribution in [0.4, 0.5) is 0 Å². The molecule has 0 aromatic carbocycles. The summed E-state index contributed by atoms with van der Waals surface area (Å²) >= 11 is 0. The van der Waals surface area contributed by atoms with Crippen molar-refractivity contribution in [2.45, 2.75) is 56.2 Å². The monoisotopic (exact) mass is 260 g/mol. The molecular formula is C11H20N2O3S. The minimum Gasteiger partial charge on any atom is -0.338 e. The van der Waals surface area contributed by atoms with E-state index in [1.807, 2.05) is 0 Å². The van der Waals surface area contributed by atoms with E-state index in [0.717, 1.165) is 25.7 Å². The van der Waals surface area contributed by atoms with Gasteiger partial charge in [0.05, 0.1) is 0 Å². The van der Waals surface area contributed by atoms with Gasteiger partial charge < -0.3 is 4.90 Å². The molecule has 0 aromatic rings. The quantitative estimate of drug-likeness (QED) is 0.738. The van der Waals surface area contributed by atoms with E-state index in [4.69, 9.17) is 5.14 Å². The second-order valence-electron chi connectivity index (χ2n) is 5.11. The van der Waals surface area contributed by atoms with Crippen molar-refractivity contribution in [3.8, 4) is 0 Å². The van der Waals surface area contributed by atoms with Crippen molar-refractivity contribution in [2.75, 3.05) is 6.54 Å². The van der Waals surface area contributed by atoms with Crippen LogP contribution in [-0.2, 0) is 14.8 Å². The molecule has 17 heavy (non-hydrogen) atoms. The van der Waals surface area contributed by atoms with E-state index in [2.05, 4.69) is 0 Å². The summed E-state index contributed by atoms with van der Waals surface area (Å²) in [7, 11) is -3.58. The molecule has 0 bridgehead atoms. The van der Waals surface area contributed by atoms with Gasteiger partial charge in [-0.2, -0.15) is 0 Å². The van der Waals surface area contributed by atoms with E-state index in [0.29, 0.717) is 6.54 Å². The van der Waals surface area contributed by atoms with Gasteiger partial charge in [0, 0.05) is 19.0 Å². The van der Waals surface area contributed by atoms with Gasteiger partial charge >= 0.3 is 0 Å². The molecule has 1 saturated carbocycles. The van der Waals surface area contributed by atoms with Crippen LogP contribution in [0.15, 0.2) is 0 Å². The summed E-state index contributed by atoms with van der Waals surface area (Å²) in [6, 6.07) is 0.233. The fourth-order valence-corrected chi connectivity index (χ4v) is 3.58. The Morgan fingerprint density at radius 1 is 1.12 bits per heavy atom. The van der Waals surface area contributed by atoms with Crippen molar-refractivity contribution in [1.29, 1.82) is 0 Å². The zero-order chi connectivity index (χ0) is 12.5. The Kier molecular flexibility index (Phi) is 3.73. The lowest BCUT2D eigenvalue weighted by molar-refractivity contribution is -0.129. The highest BCUT2D eigenvalue weighted by Gasteiger charge is 2.39. The lowest BCUT2D eigenvalue weighted by Crippen LogP contribution is -2.38. The molecule has 2 aliphatic rings. The van der Waals surface area contributed by atoms with Gasteiger partial charge in [0.15, 0.2) is 0 Å². The number of hydrogen-bond donors (Lipinski definition) is 1. The van der Waals surface area contributed by atoms with Crippen LogP contribution in [0, 0.1) is 0 Å². The van der Waals surface area contributed by atoms with Crippen LogP contribution in [0.2, 0.25) is 0 Å². The largest absolute Gasteiger partial charge is 0.338 e. The lowest BCUT2D eigenvalue weighted by atomic mass is 10.1. The van der Waals surface area contributed by atoms with Gasteiger partial charge in [-0.1, -0.05) is 25.7 Å². The van der Waals surface area contributed by atoms with E-state index in [1.165, 1.54) is 12.8 Å². The molecule has 1 unspecified atom stereocenters. The van der Waals surface area contributed by atoms with Crippen molar-refractivity contribution < 1.29 is 13.2 Å². The van der Waals surface area contributed by atoms with Gasteiger partial charge in [0.2, 0.25) is 15.9 Å². The highest BCUT2D eigenvalue weighted by Crippen LogP contribution is 2.27. The number of hydrogen-bond acceptors (Lipinski definition) is 3. The van der Waals surface area contributed by atoms with Gasteiger partial charge in [-0.25, -0.2) is 13.6 Å². The molecule has 6 heteroatoms. The molecule has 1 atom stereocenters. The summed E-state index contributed by atoms with van der Waals surface area (Å²) < 4.78 is 22.5.